The van der Waals surface area contributed by atoms with Gasteiger partial charge in [-0.15, -0.1) is 23.4 Å². The number of ether oxygens (including phenoxy) is 2. The van der Waals surface area contributed by atoms with Crippen LogP contribution in [0.2, 0.25) is 0 Å². The Morgan fingerprint density at radius 1 is 1.03 bits per heavy atom. The smallest absolute Gasteiger partial charge is 0.468 e. The average molecular weight is 533 g/mol. The number of thiocarbonyl (C=S) groups is 1. The fraction of sp³-hybridized carbons (Fsp3) is 0.280. The second-order valence-corrected chi connectivity index (χ2v) is 8.65. The number of hydrogen-bond donors (Lipinski definition) is 2. The number of anilines is 3. The van der Waals surface area contributed by atoms with Gasteiger partial charge in [0.25, 0.3) is 0 Å². The molecule has 0 aliphatic rings. The molecule has 0 fully saturated rings. The lowest BCUT2D eigenvalue weighted by atomic mass is 10.0. The first kappa shape index (κ1) is 27.7. The van der Waals surface area contributed by atoms with E-state index in [0.717, 1.165) is 11.3 Å². The molecule has 0 saturated heterocycles. The van der Waals surface area contributed by atoms with Crippen LogP contribution in [0, 0.1) is 0 Å². The zero-order valence-corrected chi connectivity index (χ0v) is 21.5. The number of para-hydroxylation sites is 1. The summed E-state index contributed by atoms with van der Waals surface area (Å²) in [7, 11) is 1.71. The Morgan fingerprint density at radius 3 is 2.35 bits per heavy atom. The monoisotopic (exact) mass is 532 g/mol. The van der Waals surface area contributed by atoms with Crippen LogP contribution in [0.4, 0.5) is 30.4 Å². The number of hydrazone groups is 1. The molecule has 1 atom stereocenters. The molecule has 2 aromatic carbocycles. The van der Waals surface area contributed by atoms with Gasteiger partial charge in [-0.05, 0) is 67.0 Å². The fourth-order valence-corrected chi connectivity index (χ4v) is 3.41. The SMILES string of the molecule is CC(/C=N/NC(=S)Nc1ccccc1C(C)C)Oc1ccc(N(C)c2ccc(OC(F)(F)F)cc2)nn1. The number of nitrogens with one attached hydrogen (secondary N) is 2. The van der Waals surface area contributed by atoms with Gasteiger partial charge < -0.3 is 19.7 Å². The predicted octanol–water partition coefficient (Wildman–Crippen LogP) is 6.01. The molecule has 0 aliphatic carbocycles. The van der Waals surface area contributed by atoms with Crippen LogP contribution in [0.1, 0.15) is 32.3 Å². The van der Waals surface area contributed by atoms with Gasteiger partial charge in [0.15, 0.2) is 10.9 Å². The number of aromatic nitrogens is 2. The molecule has 196 valence electrons. The summed E-state index contributed by atoms with van der Waals surface area (Å²) in [4.78, 5) is 1.66. The zero-order valence-electron chi connectivity index (χ0n) is 20.7. The van der Waals surface area contributed by atoms with Crippen molar-refractivity contribution in [3.8, 4) is 11.6 Å². The second kappa shape index (κ2) is 12.3. The van der Waals surface area contributed by atoms with Crippen LogP contribution in [0.15, 0.2) is 65.8 Å². The van der Waals surface area contributed by atoms with Crippen molar-refractivity contribution in [2.24, 2.45) is 5.10 Å². The van der Waals surface area contributed by atoms with Crippen LogP contribution < -0.4 is 25.1 Å². The molecule has 2 N–H and O–H groups in total. The molecule has 37 heavy (non-hydrogen) atoms. The second-order valence-electron chi connectivity index (χ2n) is 8.24. The van der Waals surface area contributed by atoms with Gasteiger partial charge in [0, 0.05) is 24.5 Å². The normalized spacial score (nSPS) is 12.3. The van der Waals surface area contributed by atoms with Crippen molar-refractivity contribution >= 4 is 40.7 Å². The molecule has 1 aromatic heterocycles. The molecule has 12 heteroatoms. The summed E-state index contributed by atoms with van der Waals surface area (Å²) in [6.07, 6.45) is -3.64. The maximum Gasteiger partial charge on any atom is 0.573 e. The fourth-order valence-electron chi connectivity index (χ4n) is 3.24. The predicted molar refractivity (Wildman–Crippen MR) is 142 cm³/mol. The number of nitrogens with zero attached hydrogens (tertiary/aromatic N) is 4. The lowest BCUT2D eigenvalue weighted by Gasteiger charge is -2.18. The first-order valence-electron chi connectivity index (χ1n) is 11.3. The lowest BCUT2D eigenvalue weighted by Crippen LogP contribution is -2.26. The Kier molecular flexibility index (Phi) is 9.23. The maximum absolute atomic E-state index is 12.3. The highest BCUT2D eigenvalue weighted by molar-refractivity contribution is 7.80. The molecule has 0 radical (unpaired) electrons. The topological polar surface area (TPSA) is 83.9 Å². The Bertz CT molecular complexity index is 1200. The standard InChI is InChI=1S/C25H27F3N6O2S/c1-16(2)20-7-5-6-8-21(20)30-24(37)33-29-15-17(3)35-23-14-13-22(31-32-23)34(4)18-9-11-19(12-10-18)36-25(26,27)28/h5-17H,1-4H3,(H2,30,33,37)/b29-15+. The summed E-state index contributed by atoms with van der Waals surface area (Å²) < 4.78 is 46.6. The highest BCUT2D eigenvalue weighted by Crippen LogP contribution is 2.28. The third kappa shape index (κ3) is 8.60. The van der Waals surface area contributed by atoms with E-state index < -0.39 is 12.5 Å². The van der Waals surface area contributed by atoms with Gasteiger partial charge >= 0.3 is 6.36 Å². The number of benzene rings is 2. The van der Waals surface area contributed by atoms with Gasteiger partial charge in [0.2, 0.25) is 5.88 Å². The minimum atomic E-state index is -4.74. The van der Waals surface area contributed by atoms with Crippen molar-refractivity contribution in [2.45, 2.75) is 39.2 Å². The summed E-state index contributed by atoms with van der Waals surface area (Å²) in [5, 5.41) is 15.8. The third-order valence-electron chi connectivity index (χ3n) is 5.02. The zero-order chi connectivity index (χ0) is 27.0. The van der Waals surface area contributed by atoms with Crippen LogP contribution in [-0.4, -0.2) is 41.0 Å². The van der Waals surface area contributed by atoms with Crippen molar-refractivity contribution in [1.29, 1.82) is 0 Å². The van der Waals surface area contributed by atoms with E-state index in [2.05, 4.69) is 44.6 Å². The van der Waals surface area contributed by atoms with E-state index in [1.165, 1.54) is 30.5 Å². The van der Waals surface area contributed by atoms with E-state index in [1.54, 1.807) is 31.0 Å². The molecule has 3 rings (SSSR count). The summed E-state index contributed by atoms with van der Waals surface area (Å²) in [6.45, 7) is 5.99. The van der Waals surface area contributed by atoms with Crippen molar-refractivity contribution in [3.05, 3.63) is 66.2 Å². The van der Waals surface area contributed by atoms with Crippen molar-refractivity contribution < 1.29 is 22.6 Å². The number of hydrogen-bond acceptors (Lipinski definition) is 7. The van der Waals surface area contributed by atoms with Crippen LogP contribution >= 0.6 is 12.2 Å². The number of halogens is 3. The van der Waals surface area contributed by atoms with E-state index in [1.807, 2.05) is 24.3 Å². The largest absolute Gasteiger partial charge is 0.573 e. The van der Waals surface area contributed by atoms with Gasteiger partial charge in [-0.25, -0.2) is 0 Å². The van der Waals surface area contributed by atoms with Gasteiger partial charge in [-0.2, -0.15) is 5.10 Å². The van der Waals surface area contributed by atoms with Gasteiger partial charge in [0.05, 0.1) is 6.21 Å². The van der Waals surface area contributed by atoms with E-state index in [0.29, 0.717) is 22.5 Å². The molecule has 8 nitrogen and oxygen atoms in total. The van der Waals surface area contributed by atoms with Crippen LogP contribution in [-0.2, 0) is 0 Å². The minimum absolute atomic E-state index is 0.275. The van der Waals surface area contributed by atoms with Crippen LogP contribution in [0.25, 0.3) is 0 Å². The Balaban J connectivity index is 1.50. The number of alkyl halides is 3. The molecule has 1 unspecified atom stereocenters. The van der Waals surface area contributed by atoms with Crippen LogP contribution in [0.3, 0.4) is 0 Å². The number of rotatable bonds is 9. The molecule has 0 spiro atoms. The Labute approximate surface area is 218 Å². The first-order chi connectivity index (χ1) is 17.5. The van der Waals surface area contributed by atoms with Crippen molar-refractivity contribution in [2.75, 3.05) is 17.3 Å². The molecule has 0 bridgehead atoms. The summed E-state index contributed by atoms with van der Waals surface area (Å²) in [5.41, 5.74) is 5.43. The van der Waals surface area contributed by atoms with Crippen molar-refractivity contribution in [1.82, 2.24) is 15.6 Å². The quantitative estimate of drug-likeness (QED) is 0.197. The molecule has 1 heterocycles. The molecule has 0 aliphatic heterocycles. The minimum Gasteiger partial charge on any atom is -0.468 e. The van der Waals surface area contributed by atoms with E-state index in [4.69, 9.17) is 17.0 Å². The van der Waals surface area contributed by atoms with Crippen LogP contribution in [0.5, 0.6) is 11.6 Å². The molecule has 3 aromatic rings. The molecule has 0 amide bonds. The summed E-state index contributed by atoms with van der Waals surface area (Å²) in [6, 6.07) is 16.6. The summed E-state index contributed by atoms with van der Waals surface area (Å²) >= 11 is 5.31. The molecular weight excluding hydrogens is 505 g/mol. The highest BCUT2D eigenvalue weighted by atomic mass is 32.1. The average Bonchev–Trinajstić information content (AvgIpc) is 2.84. The summed E-state index contributed by atoms with van der Waals surface area (Å²) in [5.74, 6) is 0.783. The van der Waals surface area contributed by atoms with Gasteiger partial charge in [0.1, 0.15) is 11.9 Å². The third-order valence-corrected chi connectivity index (χ3v) is 5.21. The molecular formula is C25H27F3N6O2S. The van der Waals surface area contributed by atoms with E-state index >= 15 is 0 Å². The first-order valence-corrected chi connectivity index (χ1v) is 11.7. The van der Waals surface area contributed by atoms with E-state index in [-0.39, 0.29) is 11.6 Å². The van der Waals surface area contributed by atoms with E-state index in [9.17, 15) is 13.2 Å². The Morgan fingerprint density at radius 2 is 1.73 bits per heavy atom. The lowest BCUT2D eigenvalue weighted by molar-refractivity contribution is -0.274. The van der Waals surface area contributed by atoms with Gasteiger partial charge in [-0.1, -0.05) is 32.0 Å². The molecule has 0 saturated carbocycles. The van der Waals surface area contributed by atoms with Crippen molar-refractivity contribution in [3.63, 3.8) is 0 Å². The Hall–Kier alpha value is -3.93. The maximum atomic E-state index is 12.3. The van der Waals surface area contributed by atoms with Gasteiger partial charge in [-0.3, -0.25) is 5.43 Å². The highest BCUT2D eigenvalue weighted by Gasteiger charge is 2.31.